The lowest BCUT2D eigenvalue weighted by atomic mass is 10.1. The van der Waals surface area contributed by atoms with Gasteiger partial charge in [0.2, 0.25) is 11.8 Å². The molecule has 22 heavy (non-hydrogen) atoms. The molecule has 2 N–H and O–H groups in total. The molecule has 1 aliphatic carbocycles. The number of hydrogen-bond donors (Lipinski definition) is 2. The van der Waals surface area contributed by atoms with Crippen LogP contribution in [0, 0.1) is 0 Å². The number of hydrogen-bond acceptors (Lipinski definition) is 4. The lowest BCUT2D eigenvalue weighted by Gasteiger charge is -2.21. The number of amides is 3. The second-order valence-corrected chi connectivity index (χ2v) is 5.35. The van der Waals surface area contributed by atoms with Gasteiger partial charge in [-0.05, 0) is 24.6 Å². The maximum absolute atomic E-state index is 13.9. The molecule has 7 heteroatoms. The van der Waals surface area contributed by atoms with Gasteiger partial charge in [0.05, 0.1) is 5.70 Å². The normalized spacial score (nSPS) is 24.9. The molecule has 0 saturated carbocycles. The van der Waals surface area contributed by atoms with Gasteiger partial charge < -0.3 is 10.2 Å². The van der Waals surface area contributed by atoms with Crippen LogP contribution in [0.15, 0.2) is 35.6 Å². The average Bonchev–Trinajstić information content (AvgIpc) is 2.64. The van der Waals surface area contributed by atoms with Crippen LogP contribution in [-0.4, -0.2) is 48.9 Å². The SMILES string of the molecule is CN(C)C1=CC=C(C(=O)NC2CCC(=O)NC2=O)C=CC1F. The highest BCUT2D eigenvalue weighted by Crippen LogP contribution is 2.17. The molecule has 2 unspecified atom stereocenters. The predicted molar refractivity (Wildman–Crippen MR) is 78.2 cm³/mol. The first kappa shape index (κ1) is 15.9. The third kappa shape index (κ3) is 3.60. The molecule has 3 amide bonds. The monoisotopic (exact) mass is 307 g/mol. The molecule has 0 aromatic rings. The van der Waals surface area contributed by atoms with Crippen LogP contribution >= 0.6 is 0 Å². The first-order valence-corrected chi connectivity index (χ1v) is 6.94. The molecule has 2 rings (SSSR count). The number of nitrogens with zero attached hydrogens (tertiary/aromatic N) is 1. The molecule has 0 bridgehead atoms. The van der Waals surface area contributed by atoms with E-state index in [4.69, 9.17) is 0 Å². The Morgan fingerprint density at radius 2 is 2.09 bits per heavy atom. The number of allylic oxidation sites excluding steroid dienone is 3. The number of alkyl halides is 1. The van der Waals surface area contributed by atoms with Gasteiger partial charge in [0, 0.05) is 26.1 Å². The Labute approximate surface area is 127 Å². The Balaban J connectivity index is 2.08. The maximum atomic E-state index is 13.9. The molecule has 6 nitrogen and oxygen atoms in total. The quantitative estimate of drug-likeness (QED) is 0.730. The van der Waals surface area contributed by atoms with Gasteiger partial charge in [0.15, 0.2) is 6.17 Å². The number of halogens is 1. The van der Waals surface area contributed by atoms with Gasteiger partial charge >= 0.3 is 0 Å². The summed E-state index contributed by atoms with van der Waals surface area (Å²) >= 11 is 0. The topological polar surface area (TPSA) is 78.5 Å². The molecular weight excluding hydrogens is 289 g/mol. The molecule has 1 saturated heterocycles. The van der Waals surface area contributed by atoms with Gasteiger partial charge in [0.25, 0.3) is 5.91 Å². The summed E-state index contributed by atoms with van der Waals surface area (Å²) in [5.41, 5.74) is 0.684. The number of imide groups is 1. The van der Waals surface area contributed by atoms with Crippen molar-refractivity contribution in [2.75, 3.05) is 14.1 Å². The van der Waals surface area contributed by atoms with Gasteiger partial charge in [-0.2, -0.15) is 0 Å². The van der Waals surface area contributed by atoms with Crippen LogP contribution in [0.5, 0.6) is 0 Å². The Kier molecular flexibility index (Phi) is 4.75. The van der Waals surface area contributed by atoms with Crippen molar-refractivity contribution in [2.45, 2.75) is 25.1 Å². The average molecular weight is 307 g/mol. The molecule has 1 heterocycles. The standard InChI is InChI=1S/C15H18FN3O3/c1-19(2)12-7-4-9(3-5-10(12)16)14(21)17-11-6-8-13(20)18-15(11)22/h3-5,7,10-11H,6,8H2,1-2H3,(H,17,21)(H,18,20,22). The molecule has 0 spiro atoms. The molecule has 118 valence electrons. The zero-order valence-electron chi connectivity index (χ0n) is 12.4. The number of carbonyl (C=O) groups excluding carboxylic acids is 3. The van der Waals surface area contributed by atoms with Gasteiger partial charge in [0.1, 0.15) is 6.04 Å². The van der Waals surface area contributed by atoms with Crippen LogP contribution in [0.1, 0.15) is 12.8 Å². The van der Waals surface area contributed by atoms with E-state index in [1.807, 2.05) is 0 Å². The number of carbonyl (C=O) groups is 3. The molecule has 2 aliphatic rings. The van der Waals surface area contributed by atoms with E-state index >= 15 is 0 Å². The van der Waals surface area contributed by atoms with E-state index < -0.39 is 24.0 Å². The molecule has 0 radical (unpaired) electrons. The maximum Gasteiger partial charge on any atom is 0.251 e. The first-order chi connectivity index (χ1) is 10.4. The summed E-state index contributed by atoms with van der Waals surface area (Å²) in [6.45, 7) is 0. The lowest BCUT2D eigenvalue weighted by Crippen LogP contribution is -2.52. The highest BCUT2D eigenvalue weighted by atomic mass is 19.1. The second kappa shape index (κ2) is 6.55. The third-order valence-corrected chi connectivity index (χ3v) is 3.48. The summed E-state index contributed by atoms with van der Waals surface area (Å²) in [6, 6.07) is -0.749. The van der Waals surface area contributed by atoms with Crippen molar-refractivity contribution in [3.05, 3.63) is 35.6 Å². The fraction of sp³-hybridized carbons (Fsp3) is 0.400. The summed E-state index contributed by atoms with van der Waals surface area (Å²) in [5, 5.41) is 4.73. The van der Waals surface area contributed by atoms with E-state index in [-0.39, 0.29) is 24.3 Å². The molecular formula is C15H18FN3O3. The summed E-state index contributed by atoms with van der Waals surface area (Å²) in [7, 11) is 3.43. The van der Waals surface area contributed by atoms with Crippen molar-refractivity contribution in [3.8, 4) is 0 Å². The minimum atomic E-state index is -1.30. The Bertz CT molecular complexity index is 593. The van der Waals surface area contributed by atoms with Crippen LogP contribution in [0.4, 0.5) is 4.39 Å². The van der Waals surface area contributed by atoms with Crippen LogP contribution < -0.4 is 10.6 Å². The van der Waals surface area contributed by atoms with E-state index in [0.29, 0.717) is 5.70 Å². The van der Waals surface area contributed by atoms with Crippen LogP contribution in [0.25, 0.3) is 0 Å². The van der Waals surface area contributed by atoms with Gasteiger partial charge in [-0.15, -0.1) is 0 Å². The van der Waals surface area contributed by atoms with Crippen LogP contribution in [0.2, 0.25) is 0 Å². The van der Waals surface area contributed by atoms with Gasteiger partial charge in [-0.1, -0.05) is 6.08 Å². The minimum absolute atomic E-state index is 0.183. The lowest BCUT2D eigenvalue weighted by molar-refractivity contribution is -0.136. The number of nitrogens with one attached hydrogen (secondary N) is 2. The summed E-state index contributed by atoms with van der Waals surface area (Å²) in [6.07, 6.45) is 4.86. The molecule has 1 aliphatic heterocycles. The molecule has 0 aromatic carbocycles. The number of rotatable bonds is 3. The van der Waals surface area contributed by atoms with Crippen molar-refractivity contribution >= 4 is 17.7 Å². The second-order valence-electron chi connectivity index (χ2n) is 5.35. The molecule has 2 atom stereocenters. The summed E-state index contributed by atoms with van der Waals surface area (Å²) < 4.78 is 13.9. The van der Waals surface area contributed by atoms with E-state index in [9.17, 15) is 18.8 Å². The summed E-state index contributed by atoms with van der Waals surface area (Å²) in [4.78, 5) is 36.5. The third-order valence-electron chi connectivity index (χ3n) is 3.48. The van der Waals surface area contributed by atoms with Crippen molar-refractivity contribution in [3.63, 3.8) is 0 Å². The van der Waals surface area contributed by atoms with Crippen molar-refractivity contribution in [1.82, 2.24) is 15.5 Å². The van der Waals surface area contributed by atoms with E-state index in [2.05, 4.69) is 10.6 Å². The zero-order chi connectivity index (χ0) is 16.3. The van der Waals surface area contributed by atoms with Gasteiger partial charge in [-0.25, -0.2) is 4.39 Å². The number of piperidine rings is 1. The van der Waals surface area contributed by atoms with Crippen molar-refractivity contribution in [2.24, 2.45) is 0 Å². The highest BCUT2D eigenvalue weighted by molar-refractivity contribution is 6.04. The smallest absolute Gasteiger partial charge is 0.251 e. The fourth-order valence-electron chi connectivity index (χ4n) is 2.23. The Hall–Kier alpha value is -2.44. The summed E-state index contributed by atoms with van der Waals surface area (Å²) in [5.74, 6) is -1.34. The van der Waals surface area contributed by atoms with Gasteiger partial charge in [-0.3, -0.25) is 19.7 Å². The zero-order valence-corrected chi connectivity index (χ0v) is 12.4. The Morgan fingerprint density at radius 1 is 1.36 bits per heavy atom. The predicted octanol–water partition coefficient (Wildman–Crippen LogP) is 0.188. The first-order valence-electron chi connectivity index (χ1n) is 6.94. The molecule has 1 fully saturated rings. The van der Waals surface area contributed by atoms with Crippen molar-refractivity contribution in [1.29, 1.82) is 0 Å². The fourth-order valence-corrected chi connectivity index (χ4v) is 2.23. The minimum Gasteiger partial charge on any atom is -0.378 e. The van der Waals surface area contributed by atoms with E-state index in [1.165, 1.54) is 24.3 Å². The van der Waals surface area contributed by atoms with Crippen LogP contribution in [0.3, 0.4) is 0 Å². The van der Waals surface area contributed by atoms with Crippen molar-refractivity contribution < 1.29 is 18.8 Å². The van der Waals surface area contributed by atoms with E-state index in [0.717, 1.165) is 0 Å². The largest absolute Gasteiger partial charge is 0.378 e. The highest BCUT2D eigenvalue weighted by Gasteiger charge is 2.28. The Morgan fingerprint density at radius 3 is 2.73 bits per heavy atom. The van der Waals surface area contributed by atoms with Crippen LogP contribution in [-0.2, 0) is 14.4 Å². The molecule has 0 aromatic heterocycles. The van der Waals surface area contributed by atoms with E-state index in [1.54, 1.807) is 19.0 Å².